The fourth-order valence-corrected chi connectivity index (χ4v) is 2.44. The van der Waals surface area contributed by atoms with E-state index in [0.717, 1.165) is 31.2 Å². The van der Waals surface area contributed by atoms with Gasteiger partial charge in [-0.25, -0.2) is 0 Å². The molecule has 0 aliphatic rings. The second-order valence-electron chi connectivity index (χ2n) is 7.11. The van der Waals surface area contributed by atoms with Crippen molar-refractivity contribution in [3.05, 3.63) is 34.9 Å². The Morgan fingerprint density at radius 2 is 1.86 bits per heavy atom. The van der Waals surface area contributed by atoms with Crippen molar-refractivity contribution in [3.63, 3.8) is 0 Å². The maximum Gasteiger partial charge on any atom is 0.0488 e. The summed E-state index contributed by atoms with van der Waals surface area (Å²) in [5.41, 5.74) is 1.32. The van der Waals surface area contributed by atoms with Crippen molar-refractivity contribution in [2.24, 2.45) is 5.92 Å². The fourth-order valence-electron chi connectivity index (χ4n) is 2.15. The number of hydrogen-bond donors (Lipinski definition) is 1. The van der Waals surface area contributed by atoms with E-state index >= 15 is 0 Å². The summed E-state index contributed by atoms with van der Waals surface area (Å²) in [5.74, 6) is 0.960. The minimum absolute atomic E-state index is 0.109. The molecule has 0 fully saturated rings. The Hall–Kier alpha value is -0.570. The van der Waals surface area contributed by atoms with Gasteiger partial charge in [0.05, 0.1) is 0 Å². The lowest BCUT2D eigenvalue weighted by Gasteiger charge is -2.26. The van der Waals surface area contributed by atoms with E-state index in [1.165, 1.54) is 5.56 Å². The molecule has 0 spiro atoms. The van der Waals surface area contributed by atoms with E-state index in [0.29, 0.717) is 11.8 Å². The molecule has 0 radical (unpaired) electrons. The SMILES string of the molecule is CC(C)COCCC(CNC(C)(C)C)c1ccccc1Cl. The molecule has 1 aromatic rings. The molecule has 1 aromatic carbocycles. The normalized spacial score (nSPS) is 13.7. The van der Waals surface area contributed by atoms with Gasteiger partial charge < -0.3 is 10.1 Å². The first-order chi connectivity index (χ1) is 9.79. The first-order valence-electron chi connectivity index (χ1n) is 7.87. The van der Waals surface area contributed by atoms with Gasteiger partial charge in [-0.1, -0.05) is 43.6 Å². The third-order valence-electron chi connectivity index (χ3n) is 3.29. The molecule has 1 N–H and O–H groups in total. The Morgan fingerprint density at radius 1 is 1.19 bits per heavy atom. The van der Waals surface area contributed by atoms with Gasteiger partial charge in [0.15, 0.2) is 0 Å². The minimum Gasteiger partial charge on any atom is -0.381 e. The van der Waals surface area contributed by atoms with Crippen LogP contribution in [0.4, 0.5) is 0 Å². The minimum atomic E-state index is 0.109. The maximum atomic E-state index is 6.36. The highest BCUT2D eigenvalue weighted by Crippen LogP contribution is 2.27. The van der Waals surface area contributed by atoms with Crippen LogP contribution in [-0.2, 0) is 4.74 Å². The Labute approximate surface area is 135 Å². The molecule has 1 atom stereocenters. The van der Waals surface area contributed by atoms with Crippen LogP contribution in [-0.4, -0.2) is 25.3 Å². The van der Waals surface area contributed by atoms with Crippen LogP contribution < -0.4 is 5.32 Å². The van der Waals surface area contributed by atoms with Gasteiger partial charge in [-0.15, -0.1) is 0 Å². The van der Waals surface area contributed by atoms with E-state index in [1.54, 1.807) is 0 Å². The average Bonchev–Trinajstić information content (AvgIpc) is 2.37. The average molecular weight is 312 g/mol. The van der Waals surface area contributed by atoms with Crippen molar-refractivity contribution in [1.29, 1.82) is 0 Å². The van der Waals surface area contributed by atoms with E-state index < -0.39 is 0 Å². The van der Waals surface area contributed by atoms with E-state index in [-0.39, 0.29) is 5.54 Å². The lowest BCUT2D eigenvalue weighted by Crippen LogP contribution is -2.38. The molecule has 0 saturated heterocycles. The van der Waals surface area contributed by atoms with Crippen molar-refractivity contribution in [1.82, 2.24) is 5.32 Å². The fraction of sp³-hybridized carbons (Fsp3) is 0.667. The maximum absolute atomic E-state index is 6.36. The van der Waals surface area contributed by atoms with Gasteiger partial charge in [0.25, 0.3) is 0 Å². The second-order valence-corrected chi connectivity index (χ2v) is 7.51. The molecule has 0 aliphatic heterocycles. The predicted molar refractivity (Wildman–Crippen MR) is 92.2 cm³/mol. The molecule has 3 heteroatoms. The van der Waals surface area contributed by atoms with E-state index in [9.17, 15) is 0 Å². The molecule has 1 rings (SSSR count). The summed E-state index contributed by atoms with van der Waals surface area (Å²) in [7, 11) is 0. The second kappa shape index (κ2) is 8.77. The quantitative estimate of drug-likeness (QED) is 0.691. The number of hydrogen-bond acceptors (Lipinski definition) is 2. The molecular formula is C18H30ClNO. The summed E-state index contributed by atoms with van der Waals surface area (Å²) in [6.07, 6.45) is 0.986. The van der Waals surface area contributed by atoms with Crippen LogP contribution in [0.2, 0.25) is 5.02 Å². The molecule has 0 bridgehead atoms. The van der Waals surface area contributed by atoms with Crippen LogP contribution in [0.25, 0.3) is 0 Å². The van der Waals surface area contributed by atoms with E-state index in [1.807, 2.05) is 12.1 Å². The molecule has 1 unspecified atom stereocenters. The van der Waals surface area contributed by atoms with Gasteiger partial charge >= 0.3 is 0 Å². The highest BCUT2D eigenvalue weighted by molar-refractivity contribution is 6.31. The Balaban J connectivity index is 2.64. The highest BCUT2D eigenvalue weighted by Gasteiger charge is 2.18. The Bertz CT molecular complexity index is 412. The summed E-state index contributed by atoms with van der Waals surface area (Å²) in [4.78, 5) is 0. The van der Waals surface area contributed by atoms with Crippen molar-refractivity contribution in [2.75, 3.05) is 19.8 Å². The molecule has 0 amide bonds. The monoisotopic (exact) mass is 311 g/mol. The number of rotatable bonds is 8. The third kappa shape index (κ3) is 7.85. The van der Waals surface area contributed by atoms with Crippen LogP contribution in [0.3, 0.4) is 0 Å². The lowest BCUT2D eigenvalue weighted by atomic mass is 9.94. The van der Waals surface area contributed by atoms with Crippen molar-refractivity contribution in [2.45, 2.75) is 52.5 Å². The molecule has 0 heterocycles. The summed E-state index contributed by atoms with van der Waals surface area (Å²) in [5, 5.41) is 4.43. The summed E-state index contributed by atoms with van der Waals surface area (Å²) in [6, 6.07) is 8.13. The van der Waals surface area contributed by atoms with Crippen molar-refractivity contribution < 1.29 is 4.74 Å². The Kier molecular flexibility index (Phi) is 7.72. The summed E-state index contributed by atoms with van der Waals surface area (Å²) in [6.45, 7) is 13.4. The van der Waals surface area contributed by atoms with Gasteiger partial charge in [0, 0.05) is 36.2 Å². The molecule has 0 aromatic heterocycles. The molecule has 2 nitrogen and oxygen atoms in total. The predicted octanol–water partition coefficient (Wildman–Crippen LogP) is 4.87. The summed E-state index contributed by atoms with van der Waals surface area (Å²) < 4.78 is 5.75. The third-order valence-corrected chi connectivity index (χ3v) is 3.63. The molecule has 21 heavy (non-hydrogen) atoms. The zero-order valence-corrected chi connectivity index (χ0v) is 14.8. The number of halogens is 1. The van der Waals surface area contributed by atoms with Crippen molar-refractivity contribution in [3.8, 4) is 0 Å². The number of nitrogens with one attached hydrogen (secondary N) is 1. The smallest absolute Gasteiger partial charge is 0.0488 e. The molecule has 0 saturated carbocycles. The first kappa shape index (κ1) is 18.5. The standard InChI is InChI=1S/C18H30ClNO/c1-14(2)13-21-11-10-15(12-20-18(3,4)5)16-8-6-7-9-17(16)19/h6-9,14-15,20H,10-13H2,1-5H3. The van der Waals surface area contributed by atoms with Crippen LogP contribution in [0.15, 0.2) is 24.3 Å². The van der Waals surface area contributed by atoms with Gasteiger partial charge in [0.2, 0.25) is 0 Å². The van der Waals surface area contributed by atoms with Crippen LogP contribution in [0.5, 0.6) is 0 Å². The van der Waals surface area contributed by atoms with Gasteiger partial charge in [-0.2, -0.15) is 0 Å². The van der Waals surface area contributed by atoms with Gasteiger partial charge in [-0.05, 0) is 44.7 Å². The topological polar surface area (TPSA) is 21.3 Å². The van der Waals surface area contributed by atoms with Crippen LogP contribution in [0, 0.1) is 5.92 Å². The van der Waals surface area contributed by atoms with Crippen LogP contribution in [0.1, 0.15) is 52.5 Å². The largest absolute Gasteiger partial charge is 0.381 e. The molecular weight excluding hydrogens is 282 g/mol. The summed E-state index contributed by atoms with van der Waals surface area (Å²) >= 11 is 6.36. The lowest BCUT2D eigenvalue weighted by molar-refractivity contribution is 0.103. The van der Waals surface area contributed by atoms with Crippen molar-refractivity contribution >= 4 is 11.6 Å². The zero-order valence-electron chi connectivity index (χ0n) is 14.1. The zero-order chi connectivity index (χ0) is 15.9. The van der Waals surface area contributed by atoms with Gasteiger partial charge in [0.1, 0.15) is 0 Å². The van der Waals surface area contributed by atoms with Gasteiger partial charge in [-0.3, -0.25) is 0 Å². The Morgan fingerprint density at radius 3 is 2.43 bits per heavy atom. The number of ether oxygens (including phenoxy) is 1. The van der Waals surface area contributed by atoms with E-state index in [4.69, 9.17) is 16.3 Å². The first-order valence-corrected chi connectivity index (χ1v) is 8.24. The highest BCUT2D eigenvalue weighted by atomic mass is 35.5. The molecule has 120 valence electrons. The molecule has 0 aliphatic carbocycles. The number of benzene rings is 1. The van der Waals surface area contributed by atoms with Crippen LogP contribution >= 0.6 is 11.6 Å². The van der Waals surface area contributed by atoms with E-state index in [2.05, 4.69) is 52.1 Å².